The van der Waals surface area contributed by atoms with Gasteiger partial charge in [-0.25, -0.2) is 0 Å². The lowest BCUT2D eigenvalue weighted by Crippen LogP contribution is -2.52. The molecular weight excluding hydrogens is 224 g/mol. The van der Waals surface area contributed by atoms with Crippen LogP contribution in [0.4, 0.5) is 0 Å². The van der Waals surface area contributed by atoms with Gasteiger partial charge in [-0.05, 0) is 38.6 Å². The summed E-state index contributed by atoms with van der Waals surface area (Å²) in [7, 11) is 0. The summed E-state index contributed by atoms with van der Waals surface area (Å²) in [4.78, 5) is 2.57. The summed E-state index contributed by atoms with van der Waals surface area (Å²) in [5.74, 6) is 0. The smallest absolute Gasteiger partial charge is 0.0753 e. The summed E-state index contributed by atoms with van der Waals surface area (Å²) in [6.07, 6.45) is 2.44. The third-order valence-corrected chi connectivity index (χ3v) is 3.94. The molecule has 1 rings (SSSR count). The van der Waals surface area contributed by atoms with Gasteiger partial charge in [-0.1, -0.05) is 20.8 Å². The Kier molecular flexibility index (Phi) is 6.09. The molecular formula is C15H32N2O. The zero-order valence-corrected chi connectivity index (χ0v) is 13.0. The maximum atomic E-state index is 5.78. The molecule has 0 aromatic heterocycles. The second-order valence-electron chi connectivity index (χ2n) is 6.66. The van der Waals surface area contributed by atoms with Gasteiger partial charge in [0.25, 0.3) is 0 Å². The molecule has 1 saturated heterocycles. The van der Waals surface area contributed by atoms with Crippen molar-refractivity contribution in [2.24, 2.45) is 5.41 Å². The highest BCUT2D eigenvalue weighted by molar-refractivity contribution is 4.85. The number of nitrogens with zero attached hydrogens (tertiary/aromatic N) is 1. The van der Waals surface area contributed by atoms with Crippen molar-refractivity contribution in [2.45, 2.75) is 53.1 Å². The van der Waals surface area contributed by atoms with Gasteiger partial charge in [0.05, 0.1) is 12.2 Å². The monoisotopic (exact) mass is 256 g/mol. The van der Waals surface area contributed by atoms with E-state index in [9.17, 15) is 0 Å². The van der Waals surface area contributed by atoms with Crippen molar-refractivity contribution < 1.29 is 4.74 Å². The van der Waals surface area contributed by atoms with E-state index >= 15 is 0 Å². The van der Waals surface area contributed by atoms with Crippen molar-refractivity contribution in [3.8, 4) is 0 Å². The summed E-state index contributed by atoms with van der Waals surface area (Å²) in [5.41, 5.74) is 0.395. The third-order valence-electron chi connectivity index (χ3n) is 3.94. The number of morpholine rings is 1. The summed E-state index contributed by atoms with van der Waals surface area (Å²) in [5, 5.41) is 3.58. The molecule has 0 spiro atoms. The van der Waals surface area contributed by atoms with Crippen molar-refractivity contribution in [1.82, 2.24) is 10.2 Å². The lowest BCUT2D eigenvalue weighted by atomic mass is 9.86. The number of hydrogen-bond acceptors (Lipinski definition) is 3. The number of rotatable bonds is 7. The van der Waals surface area contributed by atoms with E-state index in [2.05, 4.69) is 44.8 Å². The molecule has 1 aliphatic rings. The van der Waals surface area contributed by atoms with E-state index in [0.29, 0.717) is 5.41 Å². The van der Waals surface area contributed by atoms with Gasteiger partial charge in [0, 0.05) is 26.2 Å². The Morgan fingerprint density at radius 2 is 2.06 bits per heavy atom. The molecule has 1 aliphatic heterocycles. The van der Waals surface area contributed by atoms with E-state index in [1.165, 1.54) is 19.4 Å². The maximum absolute atomic E-state index is 5.78. The van der Waals surface area contributed by atoms with Gasteiger partial charge in [-0.2, -0.15) is 0 Å². The quantitative estimate of drug-likeness (QED) is 0.708. The first kappa shape index (κ1) is 15.9. The fourth-order valence-corrected chi connectivity index (χ4v) is 2.65. The van der Waals surface area contributed by atoms with Crippen LogP contribution in [0.5, 0.6) is 0 Å². The topological polar surface area (TPSA) is 24.5 Å². The number of ether oxygens (including phenoxy) is 1. The first-order chi connectivity index (χ1) is 8.41. The molecule has 3 nitrogen and oxygen atoms in total. The van der Waals surface area contributed by atoms with Crippen molar-refractivity contribution in [1.29, 1.82) is 0 Å². The van der Waals surface area contributed by atoms with Crippen LogP contribution in [0.2, 0.25) is 0 Å². The largest absolute Gasteiger partial charge is 0.373 e. The first-order valence-corrected chi connectivity index (χ1v) is 7.48. The Balaban J connectivity index is 2.45. The van der Waals surface area contributed by atoms with Crippen molar-refractivity contribution in [3.63, 3.8) is 0 Å². The normalized spacial score (nSPS) is 23.8. The molecule has 1 heterocycles. The minimum absolute atomic E-state index is 0.0176. The van der Waals surface area contributed by atoms with Gasteiger partial charge < -0.3 is 10.1 Å². The fraction of sp³-hybridized carbons (Fsp3) is 1.00. The van der Waals surface area contributed by atoms with E-state index in [1.54, 1.807) is 0 Å². The van der Waals surface area contributed by atoms with Crippen LogP contribution in [-0.2, 0) is 4.74 Å². The van der Waals surface area contributed by atoms with Gasteiger partial charge >= 0.3 is 0 Å². The van der Waals surface area contributed by atoms with E-state index in [0.717, 1.165) is 32.8 Å². The average Bonchev–Trinajstić information content (AvgIpc) is 2.28. The van der Waals surface area contributed by atoms with E-state index in [1.807, 2.05) is 0 Å². The van der Waals surface area contributed by atoms with Gasteiger partial charge in [0.15, 0.2) is 0 Å². The second kappa shape index (κ2) is 6.88. The Morgan fingerprint density at radius 1 is 1.33 bits per heavy atom. The molecule has 3 heteroatoms. The molecule has 1 atom stereocenters. The molecule has 0 saturated carbocycles. The zero-order chi connectivity index (χ0) is 13.6. The Bertz CT molecular complexity index is 243. The standard InChI is InChI=1S/C15H32N2O/c1-6-8-16-11-15(5,7-2)13-17-9-10-18-14(3,4)12-17/h16H,6-13H2,1-5H3. The zero-order valence-electron chi connectivity index (χ0n) is 13.0. The van der Waals surface area contributed by atoms with E-state index in [4.69, 9.17) is 4.74 Å². The molecule has 0 aliphatic carbocycles. The van der Waals surface area contributed by atoms with Crippen LogP contribution < -0.4 is 5.32 Å². The van der Waals surface area contributed by atoms with E-state index < -0.39 is 0 Å². The summed E-state index contributed by atoms with van der Waals surface area (Å²) < 4.78 is 5.78. The SMILES string of the molecule is CCCNCC(C)(CC)CN1CCOC(C)(C)C1. The van der Waals surface area contributed by atoms with Gasteiger partial charge in [0.2, 0.25) is 0 Å². The van der Waals surface area contributed by atoms with Crippen LogP contribution in [0.25, 0.3) is 0 Å². The fourth-order valence-electron chi connectivity index (χ4n) is 2.65. The van der Waals surface area contributed by atoms with Gasteiger partial charge in [0.1, 0.15) is 0 Å². The molecule has 1 unspecified atom stereocenters. The minimum atomic E-state index is 0.0176. The van der Waals surface area contributed by atoms with Crippen LogP contribution in [0.3, 0.4) is 0 Å². The molecule has 18 heavy (non-hydrogen) atoms. The predicted octanol–water partition coefficient (Wildman–Crippen LogP) is 2.51. The number of hydrogen-bond donors (Lipinski definition) is 1. The highest BCUT2D eigenvalue weighted by atomic mass is 16.5. The molecule has 0 radical (unpaired) electrons. The third kappa shape index (κ3) is 5.25. The molecule has 0 bridgehead atoms. The second-order valence-corrected chi connectivity index (χ2v) is 6.66. The minimum Gasteiger partial charge on any atom is -0.373 e. The van der Waals surface area contributed by atoms with Crippen LogP contribution in [0.1, 0.15) is 47.5 Å². The highest BCUT2D eigenvalue weighted by Gasteiger charge is 2.31. The Labute approximate surface area is 113 Å². The number of nitrogens with one attached hydrogen (secondary N) is 1. The molecule has 1 fully saturated rings. The molecule has 0 aromatic carbocycles. The Hall–Kier alpha value is -0.120. The van der Waals surface area contributed by atoms with Crippen LogP contribution in [0, 0.1) is 5.41 Å². The molecule has 0 amide bonds. The van der Waals surface area contributed by atoms with Gasteiger partial charge in [-0.15, -0.1) is 0 Å². The van der Waals surface area contributed by atoms with Gasteiger partial charge in [-0.3, -0.25) is 4.90 Å². The summed E-state index contributed by atoms with van der Waals surface area (Å²) in [6.45, 7) is 17.7. The van der Waals surface area contributed by atoms with Crippen LogP contribution in [-0.4, -0.2) is 49.8 Å². The van der Waals surface area contributed by atoms with Crippen molar-refractivity contribution in [3.05, 3.63) is 0 Å². The van der Waals surface area contributed by atoms with Crippen LogP contribution >= 0.6 is 0 Å². The van der Waals surface area contributed by atoms with Crippen LogP contribution in [0.15, 0.2) is 0 Å². The molecule has 0 aromatic rings. The lowest BCUT2D eigenvalue weighted by Gasteiger charge is -2.42. The lowest BCUT2D eigenvalue weighted by molar-refractivity contribution is -0.0935. The molecule has 108 valence electrons. The van der Waals surface area contributed by atoms with Crippen molar-refractivity contribution >= 4 is 0 Å². The van der Waals surface area contributed by atoms with E-state index in [-0.39, 0.29) is 5.60 Å². The first-order valence-electron chi connectivity index (χ1n) is 7.48. The predicted molar refractivity (Wildman–Crippen MR) is 78.0 cm³/mol. The van der Waals surface area contributed by atoms with Crippen molar-refractivity contribution in [2.75, 3.05) is 39.3 Å². The average molecular weight is 256 g/mol. The summed E-state index contributed by atoms with van der Waals surface area (Å²) >= 11 is 0. The summed E-state index contributed by atoms with van der Waals surface area (Å²) in [6, 6.07) is 0. The Morgan fingerprint density at radius 3 is 2.61 bits per heavy atom. The molecule has 1 N–H and O–H groups in total. The maximum Gasteiger partial charge on any atom is 0.0753 e. The highest BCUT2D eigenvalue weighted by Crippen LogP contribution is 2.25.